The number of nitrogens with one attached hydrogen (secondary N) is 1. The highest BCUT2D eigenvalue weighted by atomic mass is 79.9. The molecule has 2 aromatic rings. The summed E-state index contributed by atoms with van der Waals surface area (Å²) in [4.78, 5) is 0. The van der Waals surface area contributed by atoms with Crippen LogP contribution in [0.5, 0.6) is 11.5 Å². The average Bonchev–Trinajstić information content (AvgIpc) is 2.48. The Balaban J connectivity index is 2.00. The lowest BCUT2D eigenvalue weighted by molar-refractivity contribution is 0.370. The number of rotatable bonds is 3. The van der Waals surface area contributed by atoms with Gasteiger partial charge in [-0.05, 0) is 46.3 Å². The molecular formula is C15H12BrNO4S. The monoisotopic (exact) mass is 381 g/mol. The Kier molecular flexibility index (Phi) is 3.84. The van der Waals surface area contributed by atoms with Crippen molar-refractivity contribution in [2.45, 2.75) is 0 Å². The third-order valence-corrected chi connectivity index (χ3v) is 4.74. The van der Waals surface area contributed by atoms with Crippen LogP contribution in [0, 0.1) is 0 Å². The summed E-state index contributed by atoms with van der Waals surface area (Å²) in [5.41, 5.74) is 1.08. The molecule has 114 valence electrons. The highest BCUT2D eigenvalue weighted by Gasteiger charge is 2.22. The van der Waals surface area contributed by atoms with Gasteiger partial charge in [0.05, 0.1) is 22.7 Å². The molecule has 0 amide bonds. The topological polar surface area (TPSA) is 64.6 Å². The summed E-state index contributed by atoms with van der Waals surface area (Å²) in [5.74, 6) is 1.52. The van der Waals surface area contributed by atoms with Crippen LogP contribution in [0.1, 0.15) is 5.56 Å². The van der Waals surface area contributed by atoms with E-state index >= 15 is 0 Å². The van der Waals surface area contributed by atoms with Gasteiger partial charge in [-0.15, -0.1) is 0 Å². The third kappa shape index (κ3) is 2.95. The second-order valence-electron chi connectivity index (χ2n) is 4.57. The Bertz CT molecular complexity index is 862. The van der Waals surface area contributed by atoms with Crippen LogP contribution in [0.15, 0.2) is 52.3 Å². The fourth-order valence-electron chi connectivity index (χ4n) is 2.08. The second kappa shape index (κ2) is 5.66. The van der Waals surface area contributed by atoms with Gasteiger partial charge < -0.3 is 9.47 Å². The van der Waals surface area contributed by atoms with Crippen LogP contribution in [0.25, 0.3) is 5.76 Å². The zero-order chi connectivity index (χ0) is 15.7. The number of halogens is 1. The van der Waals surface area contributed by atoms with Crippen LogP contribution in [-0.2, 0) is 14.8 Å². The minimum absolute atomic E-state index is 0.270. The first-order valence-corrected chi connectivity index (χ1v) is 8.68. The smallest absolute Gasteiger partial charge is 0.258 e. The Morgan fingerprint density at radius 2 is 1.91 bits per heavy atom. The molecular weight excluding hydrogens is 370 g/mol. The van der Waals surface area contributed by atoms with Gasteiger partial charge in [-0.1, -0.05) is 12.1 Å². The molecule has 0 atom stereocenters. The maximum absolute atomic E-state index is 11.7. The van der Waals surface area contributed by atoms with Crippen LogP contribution < -0.4 is 9.46 Å². The van der Waals surface area contributed by atoms with Crippen molar-refractivity contribution >= 4 is 37.4 Å². The molecule has 0 bridgehead atoms. The number of hydrogen-bond donors (Lipinski definition) is 1. The fraction of sp³-hybridized carbons (Fsp3) is 0.0667. The minimum atomic E-state index is -3.52. The molecule has 5 nitrogen and oxygen atoms in total. The van der Waals surface area contributed by atoms with Crippen molar-refractivity contribution < 1.29 is 17.9 Å². The molecule has 0 fully saturated rings. The molecule has 7 heteroatoms. The lowest BCUT2D eigenvalue weighted by atomic mass is 10.1. The molecule has 0 aliphatic carbocycles. The lowest BCUT2D eigenvalue weighted by Crippen LogP contribution is -2.16. The first-order valence-electron chi connectivity index (χ1n) is 6.34. The summed E-state index contributed by atoms with van der Waals surface area (Å²) in [6, 6.07) is 12.5. The highest BCUT2D eigenvalue weighted by molar-refractivity contribution is 9.10. The molecule has 1 N–H and O–H groups in total. The van der Waals surface area contributed by atoms with E-state index in [1.807, 2.05) is 24.3 Å². The van der Waals surface area contributed by atoms with Crippen molar-refractivity contribution in [2.75, 3.05) is 11.8 Å². The first kappa shape index (κ1) is 14.9. The summed E-state index contributed by atoms with van der Waals surface area (Å²) in [6.07, 6.45) is 0. The van der Waals surface area contributed by atoms with Crippen molar-refractivity contribution in [2.24, 2.45) is 0 Å². The lowest BCUT2D eigenvalue weighted by Gasteiger charge is -2.19. The molecule has 0 saturated carbocycles. The maximum Gasteiger partial charge on any atom is 0.258 e. The summed E-state index contributed by atoms with van der Waals surface area (Å²) >= 11 is 3.42. The molecule has 0 unspecified atom stereocenters. The molecule has 1 aliphatic rings. The van der Waals surface area contributed by atoms with Crippen LogP contribution >= 0.6 is 15.9 Å². The number of benzene rings is 2. The number of sulfonamides is 1. The molecule has 1 aliphatic heterocycles. The van der Waals surface area contributed by atoms with E-state index in [9.17, 15) is 8.42 Å². The van der Waals surface area contributed by atoms with Gasteiger partial charge in [0, 0.05) is 5.56 Å². The Labute approximate surface area is 136 Å². The van der Waals surface area contributed by atoms with Gasteiger partial charge in [-0.25, -0.2) is 8.42 Å². The molecule has 1 heterocycles. The number of hydrogen-bond acceptors (Lipinski definition) is 4. The number of ether oxygens (including phenoxy) is 2. The highest BCUT2D eigenvalue weighted by Crippen LogP contribution is 2.36. The van der Waals surface area contributed by atoms with Gasteiger partial charge >= 0.3 is 0 Å². The van der Waals surface area contributed by atoms with Crippen LogP contribution in [0.2, 0.25) is 0 Å². The van der Waals surface area contributed by atoms with E-state index in [4.69, 9.17) is 9.47 Å². The first-order chi connectivity index (χ1) is 10.5. The van der Waals surface area contributed by atoms with Gasteiger partial charge in [0.2, 0.25) is 0 Å². The van der Waals surface area contributed by atoms with Crippen molar-refractivity contribution in [3.8, 4) is 11.5 Å². The van der Waals surface area contributed by atoms with Crippen molar-refractivity contribution in [3.05, 3.63) is 57.9 Å². The quantitative estimate of drug-likeness (QED) is 0.874. The van der Waals surface area contributed by atoms with Gasteiger partial charge in [0.25, 0.3) is 10.0 Å². The SMILES string of the molecule is COC1=CS(=O)(=O)Nc2ccc(Oc3ccccc3Br)cc21. The van der Waals surface area contributed by atoms with Crippen molar-refractivity contribution in [3.63, 3.8) is 0 Å². The second-order valence-corrected chi connectivity index (χ2v) is 6.96. The Morgan fingerprint density at radius 1 is 1.14 bits per heavy atom. The van der Waals surface area contributed by atoms with Crippen molar-refractivity contribution in [1.29, 1.82) is 0 Å². The predicted molar refractivity (Wildman–Crippen MR) is 88.2 cm³/mol. The zero-order valence-electron chi connectivity index (χ0n) is 11.5. The van der Waals surface area contributed by atoms with Crippen LogP contribution in [0.3, 0.4) is 0 Å². The van der Waals surface area contributed by atoms with Crippen LogP contribution in [0.4, 0.5) is 5.69 Å². The molecule has 0 aromatic heterocycles. The minimum Gasteiger partial charge on any atom is -0.495 e. The van der Waals surface area contributed by atoms with E-state index in [0.29, 0.717) is 22.7 Å². The summed E-state index contributed by atoms with van der Waals surface area (Å²) in [7, 11) is -2.09. The van der Waals surface area contributed by atoms with Gasteiger partial charge in [0.15, 0.2) is 0 Å². The number of anilines is 1. The third-order valence-electron chi connectivity index (χ3n) is 3.06. The average molecular weight is 382 g/mol. The molecule has 0 radical (unpaired) electrons. The maximum atomic E-state index is 11.7. The summed E-state index contributed by atoms with van der Waals surface area (Å²) < 4.78 is 37.7. The van der Waals surface area contributed by atoms with E-state index in [1.165, 1.54) is 7.11 Å². The number of methoxy groups -OCH3 is 1. The number of fused-ring (bicyclic) bond motifs is 1. The van der Waals surface area contributed by atoms with E-state index in [1.54, 1.807) is 18.2 Å². The standard InChI is InChI=1S/C15H12BrNO4S/c1-20-15-9-22(18,19)17-13-7-6-10(8-11(13)15)21-14-5-3-2-4-12(14)16/h2-9,17H,1H3. The molecule has 3 rings (SSSR count). The van der Waals surface area contributed by atoms with Gasteiger partial charge in [-0.3, -0.25) is 4.72 Å². The van der Waals surface area contributed by atoms with E-state index in [0.717, 1.165) is 9.88 Å². The van der Waals surface area contributed by atoms with E-state index in [2.05, 4.69) is 20.7 Å². The van der Waals surface area contributed by atoms with Gasteiger partial charge in [0.1, 0.15) is 17.3 Å². The summed E-state index contributed by atoms with van der Waals surface area (Å²) in [5, 5.41) is 1.05. The van der Waals surface area contributed by atoms with E-state index in [-0.39, 0.29) is 5.76 Å². The normalized spacial score (nSPS) is 15.3. The Morgan fingerprint density at radius 3 is 2.64 bits per heavy atom. The van der Waals surface area contributed by atoms with Crippen LogP contribution in [-0.4, -0.2) is 15.5 Å². The van der Waals surface area contributed by atoms with E-state index < -0.39 is 10.0 Å². The zero-order valence-corrected chi connectivity index (χ0v) is 13.9. The molecule has 2 aromatic carbocycles. The fourth-order valence-corrected chi connectivity index (χ4v) is 3.49. The van der Waals surface area contributed by atoms with Crippen molar-refractivity contribution in [1.82, 2.24) is 0 Å². The molecule has 0 saturated heterocycles. The predicted octanol–water partition coefficient (Wildman–Crippen LogP) is 3.94. The Hall–Kier alpha value is -1.99. The molecule has 0 spiro atoms. The molecule has 22 heavy (non-hydrogen) atoms. The summed E-state index contributed by atoms with van der Waals surface area (Å²) in [6.45, 7) is 0. The largest absolute Gasteiger partial charge is 0.495 e. The number of para-hydroxylation sites is 1. The van der Waals surface area contributed by atoms with Gasteiger partial charge in [-0.2, -0.15) is 0 Å².